The molecule has 1 unspecified atom stereocenters. The van der Waals surface area contributed by atoms with Crippen molar-refractivity contribution in [2.75, 3.05) is 11.9 Å². The fourth-order valence-corrected chi connectivity index (χ4v) is 2.56. The summed E-state index contributed by atoms with van der Waals surface area (Å²) in [6.07, 6.45) is 2.51. The van der Waals surface area contributed by atoms with Gasteiger partial charge >= 0.3 is 0 Å². The minimum absolute atomic E-state index is 0.0395. The molecule has 1 N–H and O–H groups in total. The number of hydrogen-bond acceptors (Lipinski definition) is 4. The maximum absolute atomic E-state index is 11.6. The average Bonchev–Trinajstić information content (AvgIpc) is 2.89. The number of carbonyl (C=O) groups is 1. The lowest BCUT2D eigenvalue weighted by molar-refractivity contribution is -0.118. The van der Waals surface area contributed by atoms with E-state index in [4.69, 9.17) is 16.3 Å². The Labute approximate surface area is 103 Å². The standard InChI is InChI=1S/C10H13ClN2O2S/c11-5-7-6-16-10(12-7)13-9(14)4-8-2-1-3-15-8/h6,8H,1-5H2,(H,12,13,14). The van der Waals surface area contributed by atoms with Gasteiger partial charge in [-0.3, -0.25) is 4.79 Å². The normalized spacial score (nSPS) is 19.9. The van der Waals surface area contributed by atoms with E-state index < -0.39 is 0 Å². The fraction of sp³-hybridized carbons (Fsp3) is 0.600. The smallest absolute Gasteiger partial charge is 0.228 e. The van der Waals surface area contributed by atoms with Crippen LogP contribution in [0.3, 0.4) is 0 Å². The number of amides is 1. The van der Waals surface area contributed by atoms with Crippen molar-refractivity contribution in [3.8, 4) is 0 Å². The number of halogens is 1. The molecule has 0 aliphatic carbocycles. The second-order valence-electron chi connectivity index (χ2n) is 3.66. The number of ether oxygens (including phenoxy) is 1. The van der Waals surface area contributed by atoms with E-state index in [-0.39, 0.29) is 12.0 Å². The van der Waals surface area contributed by atoms with E-state index in [1.165, 1.54) is 11.3 Å². The molecule has 1 atom stereocenters. The van der Waals surface area contributed by atoms with Crippen LogP contribution < -0.4 is 5.32 Å². The van der Waals surface area contributed by atoms with Gasteiger partial charge in [-0.25, -0.2) is 4.98 Å². The highest BCUT2D eigenvalue weighted by atomic mass is 35.5. The molecular formula is C10H13ClN2O2S. The van der Waals surface area contributed by atoms with Gasteiger partial charge in [-0.05, 0) is 12.8 Å². The summed E-state index contributed by atoms with van der Waals surface area (Å²) in [5, 5.41) is 5.21. The Morgan fingerprint density at radius 2 is 2.62 bits per heavy atom. The summed E-state index contributed by atoms with van der Waals surface area (Å²) in [4.78, 5) is 15.8. The highest BCUT2D eigenvalue weighted by molar-refractivity contribution is 7.13. The molecule has 0 radical (unpaired) electrons. The number of nitrogens with one attached hydrogen (secondary N) is 1. The van der Waals surface area contributed by atoms with Crippen LogP contribution in [0, 0.1) is 0 Å². The first-order valence-electron chi connectivity index (χ1n) is 5.20. The summed E-state index contributed by atoms with van der Waals surface area (Å²) >= 11 is 7.02. The SMILES string of the molecule is O=C(CC1CCCO1)Nc1nc(CCl)cs1. The molecule has 0 bridgehead atoms. The van der Waals surface area contributed by atoms with Crippen molar-refractivity contribution >= 4 is 34.0 Å². The maximum Gasteiger partial charge on any atom is 0.228 e. The second-order valence-corrected chi connectivity index (χ2v) is 4.79. The van der Waals surface area contributed by atoms with Crippen LogP contribution in [0.4, 0.5) is 5.13 Å². The van der Waals surface area contributed by atoms with Gasteiger partial charge in [-0.2, -0.15) is 0 Å². The van der Waals surface area contributed by atoms with Crippen molar-refractivity contribution < 1.29 is 9.53 Å². The number of alkyl halides is 1. The van der Waals surface area contributed by atoms with Crippen molar-refractivity contribution in [2.45, 2.75) is 31.2 Å². The van der Waals surface area contributed by atoms with Crippen LogP contribution in [-0.4, -0.2) is 23.6 Å². The van der Waals surface area contributed by atoms with Crippen LogP contribution >= 0.6 is 22.9 Å². The van der Waals surface area contributed by atoms with Gasteiger partial charge in [-0.15, -0.1) is 22.9 Å². The van der Waals surface area contributed by atoms with E-state index >= 15 is 0 Å². The second kappa shape index (κ2) is 5.61. The van der Waals surface area contributed by atoms with E-state index in [9.17, 15) is 4.79 Å². The van der Waals surface area contributed by atoms with Crippen LogP contribution in [0.5, 0.6) is 0 Å². The first kappa shape index (κ1) is 11.8. The molecule has 0 aromatic carbocycles. The van der Waals surface area contributed by atoms with Gasteiger partial charge in [0.05, 0.1) is 24.1 Å². The quantitative estimate of drug-likeness (QED) is 0.846. The third kappa shape index (κ3) is 3.17. The molecule has 1 amide bonds. The number of rotatable bonds is 4. The van der Waals surface area contributed by atoms with Crippen LogP contribution in [0.25, 0.3) is 0 Å². The number of hydrogen-bond donors (Lipinski definition) is 1. The summed E-state index contributed by atoms with van der Waals surface area (Å²) < 4.78 is 5.39. The van der Waals surface area contributed by atoms with E-state index in [0.29, 0.717) is 17.4 Å². The van der Waals surface area contributed by atoms with Crippen molar-refractivity contribution in [1.82, 2.24) is 4.98 Å². The van der Waals surface area contributed by atoms with Gasteiger partial charge in [0.1, 0.15) is 0 Å². The fourth-order valence-electron chi connectivity index (χ4n) is 1.61. The van der Waals surface area contributed by atoms with Gasteiger partial charge in [0.25, 0.3) is 0 Å². The van der Waals surface area contributed by atoms with E-state index in [1.807, 2.05) is 5.38 Å². The Morgan fingerprint density at radius 1 is 1.75 bits per heavy atom. The Morgan fingerprint density at radius 3 is 3.25 bits per heavy atom. The molecule has 0 saturated carbocycles. The summed E-state index contributed by atoms with van der Waals surface area (Å²) in [6.45, 7) is 0.769. The Balaban J connectivity index is 1.81. The largest absolute Gasteiger partial charge is 0.378 e. The lowest BCUT2D eigenvalue weighted by Gasteiger charge is -2.07. The summed E-state index contributed by atoms with van der Waals surface area (Å²) in [6, 6.07) is 0. The monoisotopic (exact) mass is 260 g/mol. The Bertz CT molecular complexity index is 363. The van der Waals surface area contributed by atoms with Crippen molar-refractivity contribution in [1.29, 1.82) is 0 Å². The minimum Gasteiger partial charge on any atom is -0.378 e. The molecule has 2 heterocycles. The summed E-state index contributed by atoms with van der Waals surface area (Å²) in [5.74, 6) is 0.334. The lowest BCUT2D eigenvalue weighted by atomic mass is 10.2. The van der Waals surface area contributed by atoms with Crippen molar-refractivity contribution in [3.05, 3.63) is 11.1 Å². The molecule has 0 spiro atoms. The van der Waals surface area contributed by atoms with Gasteiger partial charge in [-0.1, -0.05) is 0 Å². The highest BCUT2D eigenvalue weighted by Crippen LogP contribution is 2.19. The van der Waals surface area contributed by atoms with Crippen LogP contribution in [0.1, 0.15) is 25.0 Å². The molecule has 16 heavy (non-hydrogen) atoms. The first-order chi connectivity index (χ1) is 7.78. The third-order valence-electron chi connectivity index (χ3n) is 2.37. The Hall–Kier alpha value is -0.650. The number of nitrogens with zero attached hydrogens (tertiary/aromatic N) is 1. The molecule has 1 saturated heterocycles. The maximum atomic E-state index is 11.6. The zero-order valence-corrected chi connectivity index (χ0v) is 10.3. The minimum atomic E-state index is -0.0395. The van der Waals surface area contributed by atoms with E-state index in [1.54, 1.807) is 0 Å². The van der Waals surface area contributed by atoms with E-state index in [0.717, 1.165) is 25.1 Å². The first-order valence-corrected chi connectivity index (χ1v) is 6.61. The number of thiazole rings is 1. The van der Waals surface area contributed by atoms with E-state index in [2.05, 4.69) is 10.3 Å². The van der Waals surface area contributed by atoms with Crippen molar-refractivity contribution in [3.63, 3.8) is 0 Å². The molecule has 1 aliphatic rings. The predicted octanol–water partition coefficient (Wildman–Crippen LogP) is 2.39. The van der Waals surface area contributed by atoms with Gasteiger partial charge in [0.15, 0.2) is 5.13 Å². The van der Waals surface area contributed by atoms with Crippen LogP contribution in [-0.2, 0) is 15.4 Å². The zero-order valence-electron chi connectivity index (χ0n) is 8.74. The molecule has 1 aliphatic heterocycles. The molecule has 1 aromatic heterocycles. The molecule has 1 aromatic rings. The molecule has 6 heteroatoms. The predicted molar refractivity (Wildman–Crippen MR) is 63.9 cm³/mol. The van der Waals surface area contributed by atoms with Gasteiger partial charge in [0, 0.05) is 12.0 Å². The van der Waals surface area contributed by atoms with Crippen LogP contribution in [0.2, 0.25) is 0 Å². The molecule has 1 fully saturated rings. The lowest BCUT2D eigenvalue weighted by Crippen LogP contribution is -2.19. The topological polar surface area (TPSA) is 51.2 Å². The average molecular weight is 261 g/mol. The molecule has 4 nitrogen and oxygen atoms in total. The molecular weight excluding hydrogens is 248 g/mol. The highest BCUT2D eigenvalue weighted by Gasteiger charge is 2.19. The summed E-state index contributed by atoms with van der Waals surface area (Å²) in [7, 11) is 0. The number of anilines is 1. The third-order valence-corrected chi connectivity index (χ3v) is 3.45. The van der Waals surface area contributed by atoms with Gasteiger partial charge < -0.3 is 10.1 Å². The van der Waals surface area contributed by atoms with Crippen LogP contribution in [0.15, 0.2) is 5.38 Å². The summed E-state index contributed by atoms with van der Waals surface area (Å²) in [5.41, 5.74) is 0.791. The number of carbonyl (C=O) groups excluding carboxylic acids is 1. The molecule has 88 valence electrons. The van der Waals surface area contributed by atoms with Crippen molar-refractivity contribution in [2.24, 2.45) is 0 Å². The Kier molecular flexibility index (Phi) is 4.15. The number of aromatic nitrogens is 1. The zero-order chi connectivity index (χ0) is 11.4. The molecule has 2 rings (SSSR count). The van der Waals surface area contributed by atoms with Gasteiger partial charge in [0.2, 0.25) is 5.91 Å².